The lowest BCUT2D eigenvalue weighted by Crippen LogP contribution is -2.30. The van der Waals surface area contributed by atoms with Crippen LogP contribution in [0.4, 0.5) is 0 Å². The summed E-state index contributed by atoms with van der Waals surface area (Å²) in [5, 5.41) is 0. The molecule has 58 valence electrons. The first-order valence-electron chi connectivity index (χ1n) is 4.25. The zero-order chi connectivity index (χ0) is 7.40. The summed E-state index contributed by atoms with van der Waals surface area (Å²) in [6, 6.07) is 0.435. The van der Waals surface area contributed by atoms with Crippen molar-refractivity contribution in [1.29, 1.82) is 0 Å². The van der Waals surface area contributed by atoms with Crippen LogP contribution in [-0.2, 0) is 0 Å². The number of nitrogens with two attached hydrogens (primary N) is 1. The van der Waals surface area contributed by atoms with Crippen molar-refractivity contribution in [3.05, 3.63) is 12.2 Å². The molecular formula is C9H17N. The van der Waals surface area contributed by atoms with Crippen LogP contribution in [0.15, 0.2) is 12.2 Å². The van der Waals surface area contributed by atoms with Gasteiger partial charge in [-0.1, -0.05) is 25.5 Å². The fraction of sp³-hybridized carbons (Fsp3) is 0.778. The Morgan fingerprint density at radius 2 is 2.10 bits per heavy atom. The summed E-state index contributed by atoms with van der Waals surface area (Å²) in [5.41, 5.74) is 5.91. The van der Waals surface area contributed by atoms with Gasteiger partial charge < -0.3 is 5.73 Å². The predicted molar refractivity (Wildman–Crippen MR) is 44.7 cm³/mol. The van der Waals surface area contributed by atoms with Crippen LogP contribution in [-0.4, -0.2) is 6.04 Å². The van der Waals surface area contributed by atoms with E-state index >= 15 is 0 Å². The zero-order valence-electron chi connectivity index (χ0n) is 6.72. The Kier molecular flexibility index (Phi) is 2.94. The van der Waals surface area contributed by atoms with Gasteiger partial charge in [0, 0.05) is 6.04 Å². The summed E-state index contributed by atoms with van der Waals surface area (Å²) in [4.78, 5) is 0. The van der Waals surface area contributed by atoms with Crippen molar-refractivity contribution in [2.24, 2.45) is 11.7 Å². The summed E-state index contributed by atoms with van der Waals surface area (Å²) < 4.78 is 0. The van der Waals surface area contributed by atoms with Crippen molar-refractivity contribution in [1.82, 2.24) is 0 Å². The molecule has 0 amide bonds. The van der Waals surface area contributed by atoms with E-state index in [2.05, 4.69) is 19.1 Å². The summed E-state index contributed by atoms with van der Waals surface area (Å²) in [6.45, 7) is 2.23. The van der Waals surface area contributed by atoms with Crippen LogP contribution in [0.3, 0.4) is 0 Å². The van der Waals surface area contributed by atoms with Crippen LogP contribution in [0.2, 0.25) is 0 Å². The standard InChI is InChI=1S/C9H17N/c1-2-5-8-6-3-4-7-9(8)10/h3-4,8-9H,2,5-7,10H2,1H3/t8-,9+/m0/s1. The monoisotopic (exact) mass is 139 g/mol. The van der Waals surface area contributed by atoms with E-state index in [1.807, 2.05) is 0 Å². The highest BCUT2D eigenvalue weighted by molar-refractivity contribution is 4.96. The number of allylic oxidation sites excluding steroid dienone is 1. The maximum atomic E-state index is 5.91. The molecule has 10 heavy (non-hydrogen) atoms. The summed E-state index contributed by atoms with van der Waals surface area (Å²) >= 11 is 0. The lowest BCUT2D eigenvalue weighted by molar-refractivity contribution is 0.381. The molecule has 0 spiro atoms. The average Bonchev–Trinajstić information content (AvgIpc) is 1.94. The third-order valence-electron chi connectivity index (χ3n) is 2.28. The molecule has 0 heterocycles. The quantitative estimate of drug-likeness (QED) is 0.582. The highest BCUT2D eigenvalue weighted by Crippen LogP contribution is 2.21. The molecule has 0 radical (unpaired) electrons. The van der Waals surface area contributed by atoms with Gasteiger partial charge >= 0.3 is 0 Å². The van der Waals surface area contributed by atoms with Crippen molar-refractivity contribution in [2.45, 2.75) is 38.6 Å². The first-order valence-corrected chi connectivity index (χ1v) is 4.25. The van der Waals surface area contributed by atoms with Crippen LogP contribution in [0.25, 0.3) is 0 Å². The topological polar surface area (TPSA) is 26.0 Å². The molecule has 0 fully saturated rings. The second-order valence-electron chi connectivity index (χ2n) is 3.16. The van der Waals surface area contributed by atoms with Gasteiger partial charge in [-0.2, -0.15) is 0 Å². The van der Waals surface area contributed by atoms with Crippen LogP contribution < -0.4 is 5.73 Å². The minimum atomic E-state index is 0.435. The molecule has 0 bridgehead atoms. The SMILES string of the molecule is CCC[C@H]1CC=CC[C@H]1N. The Balaban J connectivity index is 2.35. The van der Waals surface area contributed by atoms with E-state index in [-0.39, 0.29) is 0 Å². The maximum Gasteiger partial charge on any atom is 0.0105 e. The van der Waals surface area contributed by atoms with E-state index < -0.39 is 0 Å². The van der Waals surface area contributed by atoms with Gasteiger partial charge in [0.05, 0.1) is 0 Å². The molecule has 1 aliphatic rings. The fourth-order valence-electron chi connectivity index (χ4n) is 1.59. The Morgan fingerprint density at radius 3 is 2.70 bits per heavy atom. The molecule has 1 rings (SSSR count). The largest absolute Gasteiger partial charge is 0.327 e. The van der Waals surface area contributed by atoms with Crippen molar-refractivity contribution in [2.75, 3.05) is 0 Å². The molecule has 0 aromatic heterocycles. The van der Waals surface area contributed by atoms with Gasteiger partial charge in [-0.25, -0.2) is 0 Å². The highest BCUT2D eigenvalue weighted by Gasteiger charge is 2.16. The Bertz CT molecular complexity index is 118. The van der Waals surface area contributed by atoms with Crippen LogP contribution in [0.1, 0.15) is 32.6 Å². The zero-order valence-corrected chi connectivity index (χ0v) is 6.72. The molecule has 0 aromatic rings. The molecular weight excluding hydrogens is 122 g/mol. The molecule has 0 aromatic carbocycles. The van der Waals surface area contributed by atoms with E-state index in [0.29, 0.717) is 6.04 Å². The van der Waals surface area contributed by atoms with E-state index in [1.54, 1.807) is 0 Å². The van der Waals surface area contributed by atoms with Gasteiger partial charge in [0.1, 0.15) is 0 Å². The molecule has 1 heteroatoms. The van der Waals surface area contributed by atoms with Gasteiger partial charge in [0.15, 0.2) is 0 Å². The van der Waals surface area contributed by atoms with E-state index in [0.717, 1.165) is 12.3 Å². The second-order valence-corrected chi connectivity index (χ2v) is 3.16. The Hall–Kier alpha value is -0.300. The smallest absolute Gasteiger partial charge is 0.0105 e. The molecule has 0 saturated carbocycles. The van der Waals surface area contributed by atoms with Gasteiger partial charge in [-0.15, -0.1) is 0 Å². The minimum absolute atomic E-state index is 0.435. The van der Waals surface area contributed by atoms with Crippen LogP contribution >= 0.6 is 0 Å². The Morgan fingerprint density at radius 1 is 1.40 bits per heavy atom. The minimum Gasteiger partial charge on any atom is -0.327 e. The van der Waals surface area contributed by atoms with Crippen molar-refractivity contribution in [3.8, 4) is 0 Å². The molecule has 0 unspecified atom stereocenters. The number of rotatable bonds is 2. The van der Waals surface area contributed by atoms with E-state index in [4.69, 9.17) is 5.73 Å². The third-order valence-corrected chi connectivity index (χ3v) is 2.28. The fourth-order valence-corrected chi connectivity index (χ4v) is 1.59. The number of hydrogen-bond acceptors (Lipinski definition) is 1. The molecule has 2 N–H and O–H groups in total. The van der Waals surface area contributed by atoms with E-state index in [9.17, 15) is 0 Å². The molecule has 1 aliphatic carbocycles. The Labute approximate surface area is 63.3 Å². The third kappa shape index (κ3) is 1.84. The summed E-state index contributed by atoms with van der Waals surface area (Å²) in [5.74, 6) is 0.759. The second kappa shape index (κ2) is 3.77. The van der Waals surface area contributed by atoms with E-state index in [1.165, 1.54) is 19.3 Å². The molecule has 2 atom stereocenters. The van der Waals surface area contributed by atoms with Crippen molar-refractivity contribution in [3.63, 3.8) is 0 Å². The first-order chi connectivity index (χ1) is 4.84. The van der Waals surface area contributed by atoms with Crippen LogP contribution in [0.5, 0.6) is 0 Å². The molecule has 1 nitrogen and oxygen atoms in total. The number of hydrogen-bond donors (Lipinski definition) is 1. The van der Waals surface area contributed by atoms with Gasteiger partial charge in [-0.3, -0.25) is 0 Å². The lowest BCUT2D eigenvalue weighted by atomic mass is 9.86. The summed E-state index contributed by atoms with van der Waals surface area (Å²) in [7, 11) is 0. The lowest BCUT2D eigenvalue weighted by Gasteiger charge is -2.24. The van der Waals surface area contributed by atoms with Gasteiger partial charge in [0.25, 0.3) is 0 Å². The van der Waals surface area contributed by atoms with Gasteiger partial charge in [0.2, 0.25) is 0 Å². The maximum absolute atomic E-state index is 5.91. The van der Waals surface area contributed by atoms with Gasteiger partial charge in [-0.05, 0) is 25.2 Å². The van der Waals surface area contributed by atoms with Crippen molar-refractivity contribution < 1.29 is 0 Å². The predicted octanol–water partition coefficient (Wildman–Crippen LogP) is 2.08. The van der Waals surface area contributed by atoms with Crippen molar-refractivity contribution >= 4 is 0 Å². The first kappa shape index (κ1) is 7.80. The summed E-state index contributed by atoms with van der Waals surface area (Å²) in [6.07, 6.45) is 9.33. The molecule has 0 aliphatic heterocycles. The molecule has 0 saturated heterocycles. The normalized spacial score (nSPS) is 32.6. The average molecular weight is 139 g/mol. The highest BCUT2D eigenvalue weighted by atomic mass is 14.6. The van der Waals surface area contributed by atoms with Crippen LogP contribution in [0, 0.1) is 5.92 Å².